The second-order valence-electron chi connectivity index (χ2n) is 6.17. The minimum Gasteiger partial charge on any atom is -0.366 e. The third-order valence-electron chi connectivity index (χ3n) is 4.44. The van der Waals surface area contributed by atoms with Gasteiger partial charge in [-0.05, 0) is 30.9 Å². The van der Waals surface area contributed by atoms with Crippen LogP contribution in [0.15, 0.2) is 12.1 Å². The van der Waals surface area contributed by atoms with Gasteiger partial charge in [0.2, 0.25) is 5.91 Å². The van der Waals surface area contributed by atoms with E-state index in [0.717, 1.165) is 25.9 Å². The summed E-state index contributed by atoms with van der Waals surface area (Å²) in [7, 11) is 0. The Kier molecular flexibility index (Phi) is 4.29. The van der Waals surface area contributed by atoms with E-state index in [9.17, 15) is 13.6 Å². The van der Waals surface area contributed by atoms with E-state index in [1.54, 1.807) is 0 Å². The van der Waals surface area contributed by atoms with Crippen LogP contribution in [0.1, 0.15) is 25.3 Å². The van der Waals surface area contributed by atoms with E-state index < -0.39 is 5.82 Å². The second kappa shape index (κ2) is 6.20. The van der Waals surface area contributed by atoms with Crippen molar-refractivity contribution in [2.75, 3.05) is 24.5 Å². The van der Waals surface area contributed by atoms with Gasteiger partial charge in [0.25, 0.3) is 0 Å². The van der Waals surface area contributed by atoms with Crippen molar-refractivity contribution in [3.8, 4) is 0 Å². The summed E-state index contributed by atoms with van der Waals surface area (Å²) in [5.74, 6) is -0.970. The largest absolute Gasteiger partial charge is 0.366 e. The Labute approximate surface area is 128 Å². The molecule has 1 aromatic carbocycles. The van der Waals surface area contributed by atoms with Crippen LogP contribution in [0.2, 0.25) is 0 Å². The molecule has 0 spiro atoms. The Balaban J connectivity index is 1.73. The fourth-order valence-electron chi connectivity index (χ4n) is 3.38. The molecular formula is C16H21F2N3O. The monoisotopic (exact) mass is 309 g/mol. The highest BCUT2D eigenvalue weighted by atomic mass is 19.1. The first-order chi connectivity index (χ1) is 10.5. The Morgan fingerprint density at radius 3 is 2.59 bits per heavy atom. The van der Waals surface area contributed by atoms with Crippen molar-refractivity contribution < 1.29 is 13.6 Å². The summed E-state index contributed by atoms with van der Waals surface area (Å²) in [5, 5.41) is 6.07. The van der Waals surface area contributed by atoms with Crippen LogP contribution in [0.25, 0.3) is 0 Å². The molecule has 6 heteroatoms. The molecule has 1 aromatic rings. The average molecular weight is 309 g/mol. The number of anilines is 1. The lowest BCUT2D eigenvalue weighted by molar-refractivity contribution is -0.118. The highest BCUT2D eigenvalue weighted by Gasteiger charge is 2.33. The van der Waals surface area contributed by atoms with Crippen LogP contribution in [-0.4, -0.2) is 37.6 Å². The minimum atomic E-state index is -0.410. The molecule has 22 heavy (non-hydrogen) atoms. The lowest BCUT2D eigenvalue weighted by Gasteiger charge is -2.34. The fourth-order valence-corrected chi connectivity index (χ4v) is 3.38. The summed E-state index contributed by atoms with van der Waals surface area (Å²) in [6.07, 6.45) is 2.48. The molecule has 0 saturated carbocycles. The highest BCUT2D eigenvalue weighted by molar-refractivity contribution is 5.72. The molecule has 2 bridgehead atoms. The molecule has 2 saturated heterocycles. The Bertz CT molecular complexity index is 567. The zero-order valence-electron chi connectivity index (χ0n) is 12.7. The summed E-state index contributed by atoms with van der Waals surface area (Å²) in [6, 6.07) is 3.31. The first-order valence-corrected chi connectivity index (χ1v) is 7.76. The molecular weight excluding hydrogens is 288 g/mol. The summed E-state index contributed by atoms with van der Waals surface area (Å²) in [5.41, 5.74) is 0.646. The lowest BCUT2D eigenvalue weighted by Crippen LogP contribution is -2.51. The van der Waals surface area contributed by atoms with Crippen LogP contribution in [0.3, 0.4) is 0 Å². The molecule has 2 unspecified atom stereocenters. The van der Waals surface area contributed by atoms with Gasteiger partial charge in [-0.3, -0.25) is 4.79 Å². The maximum absolute atomic E-state index is 14.4. The molecule has 2 fully saturated rings. The van der Waals surface area contributed by atoms with Gasteiger partial charge in [-0.15, -0.1) is 0 Å². The van der Waals surface area contributed by atoms with Gasteiger partial charge >= 0.3 is 0 Å². The first-order valence-electron chi connectivity index (χ1n) is 7.76. The summed E-state index contributed by atoms with van der Waals surface area (Å²) >= 11 is 0. The van der Waals surface area contributed by atoms with E-state index in [4.69, 9.17) is 0 Å². The maximum atomic E-state index is 14.4. The number of piperazine rings is 1. The zero-order valence-corrected chi connectivity index (χ0v) is 12.7. The number of hydrogen-bond donors (Lipinski definition) is 2. The molecule has 1 amide bonds. The van der Waals surface area contributed by atoms with Crippen molar-refractivity contribution in [2.45, 2.75) is 38.3 Å². The number of rotatable bonds is 4. The molecule has 2 atom stereocenters. The van der Waals surface area contributed by atoms with Crippen molar-refractivity contribution in [1.29, 1.82) is 0 Å². The predicted molar refractivity (Wildman–Crippen MR) is 80.9 cm³/mol. The first kappa shape index (κ1) is 15.2. The minimum absolute atomic E-state index is 0.172. The smallest absolute Gasteiger partial charge is 0.216 e. The summed E-state index contributed by atoms with van der Waals surface area (Å²) < 4.78 is 28.6. The number of halogens is 2. The number of nitrogens with one attached hydrogen (secondary N) is 2. The lowest BCUT2D eigenvalue weighted by atomic mass is 10.1. The molecule has 2 aliphatic rings. The fraction of sp³-hybridized carbons (Fsp3) is 0.562. The van der Waals surface area contributed by atoms with E-state index in [1.807, 2.05) is 4.90 Å². The molecule has 0 radical (unpaired) electrons. The zero-order chi connectivity index (χ0) is 15.7. The quantitative estimate of drug-likeness (QED) is 0.888. The van der Waals surface area contributed by atoms with Crippen LogP contribution in [0.5, 0.6) is 0 Å². The molecule has 0 aliphatic carbocycles. The van der Waals surface area contributed by atoms with Gasteiger partial charge in [-0.1, -0.05) is 0 Å². The van der Waals surface area contributed by atoms with Gasteiger partial charge in [-0.2, -0.15) is 0 Å². The molecule has 0 aromatic heterocycles. The number of carbonyl (C=O) groups is 1. The van der Waals surface area contributed by atoms with Crippen molar-refractivity contribution in [1.82, 2.24) is 10.6 Å². The van der Waals surface area contributed by atoms with Crippen molar-refractivity contribution in [3.05, 3.63) is 29.3 Å². The van der Waals surface area contributed by atoms with Crippen molar-refractivity contribution in [3.63, 3.8) is 0 Å². The Hall–Kier alpha value is -1.69. The van der Waals surface area contributed by atoms with Gasteiger partial charge in [0.1, 0.15) is 11.6 Å². The number of amides is 1. The molecule has 3 rings (SSSR count). The molecule has 4 nitrogen and oxygen atoms in total. The molecule has 2 aliphatic heterocycles. The number of benzene rings is 1. The summed E-state index contributed by atoms with van der Waals surface area (Å²) in [4.78, 5) is 12.8. The Morgan fingerprint density at radius 2 is 1.95 bits per heavy atom. The van der Waals surface area contributed by atoms with Crippen LogP contribution in [0.4, 0.5) is 14.5 Å². The van der Waals surface area contributed by atoms with E-state index >= 15 is 0 Å². The second-order valence-corrected chi connectivity index (χ2v) is 6.17. The van der Waals surface area contributed by atoms with E-state index in [2.05, 4.69) is 10.6 Å². The highest BCUT2D eigenvalue weighted by Crippen LogP contribution is 2.29. The summed E-state index contributed by atoms with van der Waals surface area (Å²) in [6.45, 7) is 3.15. The van der Waals surface area contributed by atoms with Crippen LogP contribution >= 0.6 is 0 Å². The van der Waals surface area contributed by atoms with E-state index in [0.29, 0.717) is 29.9 Å². The van der Waals surface area contributed by atoms with Gasteiger partial charge in [0.15, 0.2) is 0 Å². The van der Waals surface area contributed by atoms with Gasteiger partial charge in [0.05, 0.1) is 5.69 Å². The predicted octanol–water partition coefficient (Wildman–Crippen LogP) is 1.58. The number of hydrogen-bond acceptors (Lipinski definition) is 3. The number of nitrogens with zero attached hydrogens (tertiary/aromatic N) is 1. The third-order valence-corrected chi connectivity index (χ3v) is 4.44. The molecule has 120 valence electrons. The number of fused-ring (bicyclic) bond motifs is 2. The SMILES string of the molecule is CC(=O)NCCc1cc(F)c(N2CC3CCC(C2)N3)cc1F. The standard InChI is InChI=1S/C16H21F2N3O/c1-10(22)19-5-4-11-6-15(18)16(7-14(11)17)21-8-12-2-3-13(9-21)20-12/h6-7,12-13,20H,2-5,8-9H2,1H3,(H,19,22). The Morgan fingerprint density at radius 1 is 1.27 bits per heavy atom. The molecule has 2 heterocycles. The van der Waals surface area contributed by atoms with Crippen LogP contribution in [-0.2, 0) is 11.2 Å². The van der Waals surface area contributed by atoms with E-state index in [-0.39, 0.29) is 18.1 Å². The van der Waals surface area contributed by atoms with Crippen molar-refractivity contribution in [2.24, 2.45) is 0 Å². The van der Waals surface area contributed by atoms with Gasteiger partial charge in [0, 0.05) is 44.7 Å². The van der Waals surface area contributed by atoms with Crippen molar-refractivity contribution >= 4 is 11.6 Å². The topological polar surface area (TPSA) is 44.4 Å². The maximum Gasteiger partial charge on any atom is 0.216 e. The molecule has 2 N–H and O–H groups in total. The van der Waals surface area contributed by atoms with Gasteiger partial charge in [-0.25, -0.2) is 8.78 Å². The third kappa shape index (κ3) is 3.21. The van der Waals surface area contributed by atoms with Crippen LogP contribution < -0.4 is 15.5 Å². The average Bonchev–Trinajstić information content (AvgIpc) is 2.80. The van der Waals surface area contributed by atoms with Gasteiger partial charge < -0.3 is 15.5 Å². The van der Waals surface area contributed by atoms with E-state index in [1.165, 1.54) is 19.1 Å². The normalized spacial score (nSPS) is 23.7. The number of carbonyl (C=O) groups excluding carboxylic acids is 1. The van der Waals surface area contributed by atoms with Crippen LogP contribution in [0, 0.1) is 11.6 Å².